The minimum absolute atomic E-state index is 0.107. The van der Waals surface area contributed by atoms with Gasteiger partial charge >= 0.3 is 0 Å². The summed E-state index contributed by atoms with van der Waals surface area (Å²) in [7, 11) is 0. The van der Waals surface area contributed by atoms with Gasteiger partial charge in [0.05, 0.1) is 12.2 Å². The summed E-state index contributed by atoms with van der Waals surface area (Å²) in [6.45, 7) is 8.39. The van der Waals surface area contributed by atoms with E-state index in [1.54, 1.807) is 0 Å². The van der Waals surface area contributed by atoms with E-state index in [-0.39, 0.29) is 5.91 Å². The van der Waals surface area contributed by atoms with Crippen molar-refractivity contribution in [2.45, 2.75) is 59.0 Å². The molecule has 1 fully saturated rings. The smallest absolute Gasteiger partial charge is 0.253 e. The minimum Gasteiger partial charge on any atom is -0.338 e. The quantitative estimate of drug-likeness (QED) is 0.421. The summed E-state index contributed by atoms with van der Waals surface area (Å²) in [4.78, 5) is 24.8. The van der Waals surface area contributed by atoms with Crippen LogP contribution in [0.5, 0.6) is 0 Å². The first-order valence-electron chi connectivity index (χ1n) is 12.2. The Kier molecular flexibility index (Phi) is 6.18. The van der Waals surface area contributed by atoms with Crippen LogP contribution in [-0.2, 0) is 13.0 Å². The number of aryl methyl sites for hydroxylation is 3. The van der Waals surface area contributed by atoms with E-state index in [0.717, 1.165) is 78.3 Å². The zero-order valence-electron chi connectivity index (χ0n) is 20.2. The van der Waals surface area contributed by atoms with Crippen molar-refractivity contribution in [1.29, 1.82) is 0 Å². The molecule has 5 rings (SSSR count). The molecule has 34 heavy (non-hydrogen) atoms. The van der Waals surface area contributed by atoms with Gasteiger partial charge in [-0.2, -0.15) is 5.10 Å². The monoisotopic (exact) mass is 456 g/mol. The second kappa shape index (κ2) is 9.41. The SMILES string of the molecule is CCCc1nc2cccnc2n1C1CCN(C(=O)c2cccc(Cn3nc(C)cc3C)c2)CC1. The average Bonchev–Trinajstić information content (AvgIpc) is 3.37. The molecule has 3 aromatic heterocycles. The molecule has 0 spiro atoms. The van der Waals surface area contributed by atoms with Gasteiger partial charge in [-0.05, 0) is 69.0 Å². The Balaban J connectivity index is 1.29. The Bertz CT molecular complexity index is 1310. The fourth-order valence-corrected chi connectivity index (χ4v) is 5.08. The van der Waals surface area contributed by atoms with Crippen molar-refractivity contribution >= 4 is 17.1 Å². The first-order valence-corrected chi connectivity index (χ1v) is 12.2. The number of piperidine rings is 1. The number of rotatable bonds is 6. The molecule has 7 nitrogen and oxygen atoms in total. The van der Waals surface area contributed by atoms with Gasteiger partial charge < -0.3 is 9.47 Å². The topological polar surface area (TPSA) is 68.8 Å². The summed E-state index contributed by atoms with van der Waals surface area (Å²) < 4.78 is 4.32. The number of aromatic nitrogens is 5. The van der Waals surface area contributed by atoms with Gasteiger partial charge in [0, 0.05) is 43.0 Å². The molecule has 0 N–H and O–H groups in total. The van der Waals surface area contributed by atoms with E-state index in [2.05, 4.69) is 40.6 Å². The molecule has 0 saturated carbocycles. The fraction of sp³-hybridized carbons (Fsp3) is 0.407. The number of hydrogen-bond donors (Lipinski definition) is 0. The fourth-order valence-electron chi connectivity index (χ4n) is 5.08. The second-order valence-electron chi connectivity index (χ2n) is 9.30. The van der Waals surface area contributed by atoms with Crippen LogP contribution in [0, 0.1) is 13.8 Å². The third-order valence-electron chi connectivity index (χ3n) is 6.72. The maximum Gasteiger partial charge on any atom is 0.253 e. The van der Waals surface area contributed by atoms with Gasteiger partial charge in [-0.15, -0.1) is 0 Å². The largest absolute Gasteiger partial charge is 0.338 e. The lowest BCUT2D eigenvalue weighted by atomic mass is 10.0. The van der Waals surface area contributed by atoms with E-state index >= 15 is 0 Å². The lowest BCUT2D eigenvalue weighted by Crippen LogP contribution is -2.39. The van der Waals surface area contributed by atoms with Gasteiger partial charge in [-0.3, -0.25) is 9.48 Å². The Labute approximate surface area is 200 Å². The third kappa shape index (κ3) is 4.34. The van der Waals surface area contributed by atoms with Crippen molar-refractivity contribution in [2.75, 3.05) is 13.1 Å². The van der Waals surface area contributed by atoms with Crippen molar-refractivity contribution in [3.05, 3.63) is 77.0 Å². The molecule has 1 amide bonds. The van der Waals surface area contributed by atoms with Crippen molar-refractivity contribution in [3.8, 4) is 0 Å². The zero-order valence-corrected chi connectivity index (χ0v) is 20.2. The molecule has 4 aromatic rings. The van der Waals surface area contributed by atoms with Gasteiger partial charge in [-0.1, -0.05) is 19.1 Å². The summed E-state index contributed by atoms with van der Waals surface area (Å²) in [5.74, 6) is 1.22. The molecule has 0 aliphatic carbocycles. The highest BCUT2D eigenvalue weighted by molar-refractivity contribution is 5.94. The Hall–Kier alpha value is -3.48. The molecule has 1 aliphatic heterocycles. The summed E-state index contributed by atoms with van der Waals surface area (Å²) in [5, 5.41) is 4.55. The van der Waals surface area contributed by atoms with Crippen LogP contribution in [0.2, 0.25) is 0 Å². The molecule has 0 bridgehead atoms. The number of benzene rings is 1. The first-order chi connectivity index (χ1) is 16.5. The number of hydrogen-bond acceptors (Lipinski definition) is 4. The van der Waals surface area contributed by atoms with Crippen LogP contribution >= 0.6 is 0 Å². The normalized spacial score (nSPS) is 14.7. The van der Waals surface area contributed by atoms with Crippen molar-refractivity contribution < 1.29 is 4.79 Å². The molecule has 0 radical (unpaired) electrons. The predicted octanol–water partition coefficient (Wildman–Crippen LogP) is 4.72. The van der Waals surface area contributed by atoms with Gasteiger partial charge in [0.15, 0.2) is 5.65 Å². The van der Waals surface area contributed by atoms with Crippen LogP contribution in [0.15, 0.2) is 48.7 Å². The van der Waals surface area contributed by atoms with Crippen LogP contribution < -0.4 is 0 Å². The lowest BCUT2D eigenvalue weighted by Gasteiger charge is -2.33. The minimum atomic E-state index is 0.107. The summed E-state index contributed by atoms with van der Waals surface area (Å²) in [5.41, 5.74) is 5.90. The Morgan fingerprint density at radius 2 is 1.91 bits per heavy atom. The van der Waals surface area contributed by atoms with Crippen molar-refractivity contribution in [1.82, 2.24) is 29.2 Å². The second-order valence-corrected chi connectivity index (χ2v) is 9.30. The average molecular weight is 457 g/mol. The van der Waals surface area contributed by atoms with Crippen LogP contribution in [0.1, 0.15) is 65.4 Å². The Morgan fingerprint density at radius 1 is 1.09 bits per heavy atom. The zero-order chi connectivity index (χ0) is 23.7. The number of nitrogens with zero attached hydrogens (tertiary/aromatic N) is 6. The van der Waals surface area contributed by atoms with Crippen molar-refractivity contribution in [2.24, 2.45) is 0 Å². The number of likely N-dealkylation sites (tertiary alicyclic amines) is 1. The van der Waals surface area contributed by atoms with Gasteiger partial charge in [0.1, 0.15) is 11.3 Å². The third-order valence-corrected chi connectivity index (χ3v) is 6.72. The van der Waals surface area contributed by atoms with E-state index in [1.807, 2.05) is 53.0 Å². The molecular formula is C27H32N6O. The van der Waals surface area contributed by atoms with E-state index in [9.17, 15) is 4.79 Å². The maximum atomic E-state index is 13.3. The number of amides is 1. The summed E-state index contributed by atoms with van der Waals surface area (Å²) >= 11 is 0. The molecule has 7 heteroatoms. The van der Waals surface area contributed by atoms with Crippen LogP contribution in [0.4, 0.5) is 0 Å². The Morgan fingerprint density at radius 3 is 2.65 bits per heavy atom. The predicted molar refractivity (Wildman–Crippen MR) is 133 cm³/mol. The summed E-state index contributed by atoms with van der Waals surface area (Å²) in [6.07, 6.45) is 5.66. The van der Waals surface area contributed by atoms with Crippen LogP contribution in [0.3, 0.4) is 0 Å². The highest BCUT2D eigenvalue weighted by atomic mass is 16.2. The van der Waals surface area contributed by atoms with E-state index in [0.29, 0.717) is 12.6 Å². The highest BCUT2D eigenvalue weighted by Crippen LogP contribution is 2.29. The standard InChI is InChI=1S/C27H32N6O/c1-4-7-25-29-24-10-6-13-28-26(24)33(25)23-11-14-31(15-12-23)27(34)22-9-5-8-21(17-22)18-32-20(3)16-19(2)30-32/h5-6,8-10,13,16-17,23H,4,7,11-12,14-15,18H2,1-3H3. The summed E-state index contributed by atoms with van der Waals surface area (Å²) in [6, 6.07) is 14.3. The number of fused-ring (bicyclic) bond motifs is 1. The highest BCUT2D eigenvalue weighted by Gasteiger charge is 2.27. The first kappa shape index (κ1) is 22.3. The number of imidazole rings is 1. The van der Waals surface area contributed by atoms with Gasteiger partial charge in [0.2, 0.25) is 0 Å². The molecule has 176 valence electrons. The molecule has 1 aromatic carbocycles. The molecule has 1 saturated heterocycles. The molecule has 0 unspecified atom stereocenters. The van der Waals surface area contributed by atoms with Crippen molar-refractivity contribution in [3.63, 3.8) is 0 Å². The molecule has 0 atom stereocenters. The lowest BCUT2D eigenvalue weighted by molar-refractivity contribution is 0.0695. The van der Waals surface area contributed by atoms with Gasteiger partial charge in [-0.25, -0.2) is 9.97 Å². The number of carbonyl (C=O) groups is 1. The number of pyridine rings is 1. The van der Waals surface area contributed by atoms with E-state index in [4.69, 9.17) is 4.98 Å². The van der Waals surface area contributed by atoms with Gasteiger partial charge in [0.25, 0.3) is 5.91 Å². The van der Waals surface area contributed by atoms with E-state index in [1.165, 1.54) is 0 Å². The maximum absolute atomic E-state index is 13.3. The van der Waals surface area contributed by atoms with Crippen LogP contribution in [0.25, 0.3) is 11.2 Å². The molecular weight excluding hydrogens is 424 g/mol. The molecule has 4 heterocycles. The number of carbonyl (C=O) groups excluding carboxylic acids is 1. The molecule has 1 aliphatic rings. The van der Waals surface area contributed by atoms with Crippen LogP contribution in [-0.4, -0.2) is 48.2 Å². The van der Waals surface area contributed by atoms with E-state index < -0.39 is 0 Å².